The van der Waals surface area contributed by atoms with Crippen LogP contribution in [0.2, 0.25) is 0 Å². The SMILES string of the molecule is CC=CC(=O)OC1C=CC(O)C(O)CCC(=O)OC1C. The molecule has 0 aromatic rings. The average molecular weight is 284 g/mol. The molecule has 0 saturated heterocycles. The van der Waals surface area contributed by atoms with Crippen LogP contribution in [0.1, 0.15) is 26.7 Å². The van der Waals surface area contributed by atoms with E-state index in [1.54, 1.807) is 13.8 Å². The molecule has 0 aromatic carbocycles. The largest absolute Gasteiger partial charge is 0.458 e. The monoisotopic (exact) mass is 284 g/mol. The van der Waals surface area contributed by atoms with E-state index in [-0.39, 0.29) is 12.8 Å². The second kappa shape index (κ2) is 7.81. The number of rotatable bonds is 2. The van der Waals surface area contributed by atoms with Gasteiger partial charge in [0, 0.05) is 12.5 Å². The zero-order valence-electron chi connectivity index (χ0n) is 11.6. The van der Waals surface area contributed by atoms with Gasteiger partial charge in [0.25, 0.3) is 0 Å². The summed E-state index contributed by atoms with van der Waals surface area (Å²) in [5, 5.41) is 19.3. The molecule has 20 heavy (non-hydrogen) atoms. The van der Waals surface area contributed by atoms with Crippen LogP contribution in [-0.4, -0.2) is 46.6 Å². The van der Waals surface area contributed by atoms with Crippen molar-refractivity contribution >= 4 is 11.9 Å². The fraction of sp³-hybridized carbons (Fsp3) is 0.571. The van der Waals surface area contributed by atoms with Crippen molar-refractivity contribution in [3.05, 3.63) is 24.3 Å². The van der Waals surface area contributed by atoms with Gasteiger partial charge in [-0.05, 0) is 26.3 Å². The van der Waals surface area contributed by atoms with Gasteiger partial charge < -0.3 is 19.7 Å². The average Bonchev–Trinajstić information content (AvgIpc) is 2.39. The summed E-state index contributed by atoms with van der Waals surface area (Å²) in [5.41, 5.74) is 0. The summed E-state index contributed by atoms with van der Waals surface area (Å²) < 4.78 is 10.2. The fourth-order valence-corrected chi connectivity index (χ4v) is 1.72. The smallest absolute Gasteiger partial charge is 0.331 e. The Morgan fingerprint density at radius 3 is 2.80 bits per heavy atom. The van der Waals surface area contributed by atoms with E-state index in [9.17, 15) is 19.8 Å². The van der Waals surface area contributed by atoms with E-state index < -0.39 is 36.4 Å². The number of carbonyl (C=O) groups excluding carboxylic acids is 2. The molecule has 0 aromatic heterocycles. The third kappa shape index (κ3) is 5.14. The quantitative estimate of drug-likeness (QED) is 0.435. The molecule has 6 nitrogen and oxygen atoms in total. The van der Waals surface area contributed by atoms with Crippen LogP contribution < -0.4 is 0 Å². The van der Waals surface area contributed by atoms with Gasteiger partial charge in [0.05, 0.1) is 12.2 Å². The molecule has 1 rings (SSSR count). The molecule has 1 heterocycles. The number of allylic oxidation sites excluding steroid dienone is 1. The summed E-state index contributed by atoms with van der Waals surface area (Å²) in [4.78, 5) is 23.0. The molecule has 4 unspecified atom stereocenters. The Labute approximate surface area is 117 Å². The standard InChI is InChI=1S/C14H20O6/c1-3-4-13(17)20-12-7-5-10(15)11(16)6-8-14(18)19-9(12)2/h3-5,7,9-12,15-16H,6,8H2,1-2H3. The van der Waals surface area contributed by atoms with E-state index in [0.717, 1.165) is 0 Å². The Bertz CT molecular complexity index is 400. The lowest BCUT2D eigenvalue weighted by atomic mass is 10.1. The molecule has 1 aliphatic heterocycles. The maximum atomic E-state index is 11.5. The summed E-state index contributed by atoms with van der Waals surface area (Å²) in [6.45, 7) is 3.27. The highest BCUT2D eigenvalue weighted by atomic mass is 16.6. The minimum absolute atomic E-state index is 0.00800. The van der Waals surface area contributed by atoms with Crippen LogP contribution >= 0.6 is 0 Å². The molecule has 0 spiro atoms. The summed E-state index contributed by atoms with van der Waals surface area (Å²) in [6, 6.07) is 0. The van der Waals surface area contributed by atoms with Gasteiger partial charge in [-0.1, -0.05) is 12.2 Å². The first-order valence-corrected chi connectivity index (χ1v) is 6.51. The number of aliphatic hydroxyl groups excluding tert-OH is 2. The van der Waals surface area contributed by atoms with Gasteiger partial charge in [-0.25, -0.2) is 4.79 Å². The first-order chi connectivity index (χ1) is 9.43. The van der Waals surface area contributed by atoms with Crippen LogP contribution in [0.4, 0.5) is 0 Å². The normalized spacial score (nSPS) is 31.9. The molecular formula is C14H20O6. The molecule has 112 valence electrons. The summed E-state index contributed by atoms with van der Waals surface area (Å²) in [5.74, 6) is -1.08. The number of aliphatic hydroxyl groups is 2. The summed E-state index contributed by atoms with van der Waals surface area (Å²) in [6.07, 6.45) is 1.97. The van der Waals surface area contributed by atoms with Crippen LogP contribution in [0.15, 0.2) is 24.3 Å². The molecule has 0 bridgehead atoms. The molecule has 4 atom stereocenters. The number of esters is 2. The lowest BCUT2D eigenvalue weighted by Gasteiger charge is -2.24. The second-order valence-electron chi connectivity index (χ2n) is 4.58. The number of cyclic esters (lactones) is 1. The third-order valence-electron chi connectivity index (χ3n) is 2.87. The van der Waals surface area contributed by atoms with Gasteiger partial charge in [-0.15, -0.1) is 0 Å². The van der Waals surface area contributed by atoms with E-state index in [4.69, 9.17) is 9.47 Å². The zero-order valence-corrected chi connectivity index (χ0v) is 11.6. The molecule has 0 saturated carbocycles. The molecule has 6 heteroatoms. The van der Waals surface area contributed by atoms with Crippen LogP contribution in [0, 0.1) is 0 Å². The van der Waals surface area contributed by atoms with E-state index in [0.29, 0.717) is 0 Å². The van der Waals surface area contributed by atoms with Gasteiger partial charge in [-0.3, -0.25) is 4.79 Å². The van der Waals surface area contributed by atoms with Crippen LogP contribution in [-0.2, 0) is 19.1 Å². The maximum absolute atomic E-state index is 11.5. The van der Waals surface area contributed by atoms with Crippen molar-refractivity contribution in [2.24, 2.45) is 0 Å². The van der Waals surface area contributed by atoms with E-state index >= 15 is 0 Å². The predicted octanol–water partition coefficient (Wildman–Crippen LogP) is 0.478. The number of carbonyl (C=O) groups is 2. The lowest BCUT2D eigenvalue weighted by Crippen LogP contribution is -2.34. The fourth-order valence-electron chi connectivity index (χ4n) is 1.72. The third-order valence-corrected chi connectivity index (χ3v) is 2.87. The van der Waals surface area contributed by atoms with Gasteiger partial charge >= 0.3 is 11.9 Å². The first kappa shape index (κ1) is 16.4. The van der Waals surface area contributed by atoms with E-state index in [2.05, 4.69) is 0 Å². The molecule has 0 amide bonds. The Morgan fingerprint density at radius 2 is 2.15 bits per heavy atom. The topological polar surface area (TPSA) is 93.1 Å². The van der Waals surface area contributed by atoms with Gasteiger partial charge in [-0.2, -0.15) is 0 Å². The van der Waals surface area contributed by atoms with Gasteiger partial charge in [0.1, 0.15) is 6.10 Å². The summed E-state index contributed by atoms with van der Waals surface area (Å²) in [7, 11) is 0. The Morgan fingerprint density at radius 1 is 1.45 bits per heavy atom. The molecule has 2 N–H and O–H groups in total. The molecule has 0 radical (unpaired) electrons. The minimum atomic E-state index is -1.11. The van der Waals surface area contributed by atoms with Crippen molar-refractivity contribution in [3.63, 3.8) is 0 Å². The minimum Gasteiger partial charge on any atom is -0.458 e. The maximum Gasteiger partial charge on any atom is 0.331 e. The predicted molar refractivity (Wildman–Crippen MR) is 70.6 cm³/mol. The van der Waals surface area contributed by atoms with Gasteiger partial charge in [0.2, 0.25) is 0 Å². The molecule has 0 fully saturated rings. The summed E-state index contributed by atoms with van der Waals surface area (Å²) >= 11 is 0. The van der Waals surface area contributed by atoms with Crippen molar-refractivity contribution in [1.29, 1.82) is 0 Å². The molecule has 0 aliphatic carbocycles. The lowest BCUT2D eigenvalue weighted by molar-refractivity contribution is -0.161. The number of hydrogen-bond acceptors (Lipinski definition) is 6. The van der Waals surface area contributed by atoms with Crippen LogP contribution in [0.25, 0.3) is 0 Å². The number of ether oxygens (including phenoxy) is 2. The van der Waals surface area contributed by atoms with Crippen LogP contribution in [0.5, 0.6) is 0 Å². The highest BCUT2D eigenvalue weighted by Gasteiger charge is 2.25. The van der Waals surface area contributed by atoms with Gasteiger partial charge in [0.15, 0.2) is 6.10 Å². The number of hydrogen-bond donors (Lipinski definition) is 2. The highest BCUT2D eigenvalue weighted by Crippen LogP contribution is 2.14. The van der Waals surface area contributed by atoms with E-state index in [1.165, 1.54) is 24.3 Å². The van der Waals surface area contributed by atoms with Crippen molar-refractivity contribution in [2.75, 3.05) is 0 Å². The highest BCUT2D eigenvalue weighted by molar-refractivity contribution is 5.82. The van der Waals surface area contributed by atoms with Crippen molar-refractivity contribution in [3.8, 4) is 0 Å². The molecular weight excluding hydrogens is 264 g/mol. The van der Waals surface area contributed by atoms with E-state index in [1.807, 2.05) is 0 Å². The molecule has 1 aliphatic rings. The Kier molecular flexibility index (Phi) is 6.41. The second-order valence-corrected chi connectivity index (χ2v) is 4.58. The van der Waals surface area contributed by atoms with Crippen LogP contribution in [0.3, 0.4) is 0 Å². The zero-order chi connectivity index (χ0) is 15.1. The first-order valence-electron chi connectivity index (χ1n) is 6.51. The van der Waals surface area contributed by atoms with Crippen molar-refractivity contribution in [1.82, 2.24) is 0 Å². The Hall–Kier alpha value is -1.66. The van der Waals surface area contributed by atoms with Crippen molar-refractivity contribution < 1.29 is 29.3 Å². The Balaban J connectivity index is 2.86. The van der Waals surface area contributed by atoms with Crippen molar-refractivity contribution in [2.45, 2.75) is 51.1 Å².